The first-order chi connectivity index (χ1) is 10.0. The molecule has 4 heteroatoms. The van der Waals surface area contributed by atoms with E-state index in [1.54, 1.807) is 0 Å². The molecule has 1 aliphatic carbocycles. The molecule has 0 fully saturated rings. The van der Waals surface area contributed by atoms with Gasteiger partial charge in [0.1, 0.15) is 0 Å². The molecule has 0 saturated heterocycles. The van der Waals surface area contributed by atoms with Crippen LogP contribution in [0.5, 0.6) is 0 Å². The zero-order valence-corrected chi connectivity index (χ0v) is 17.4. The number of hydrogen-bond acceptors (Lipinski definition) is 0. The smallest absolute Gasteiger partial charge is 0.0472 e. The van der Waals surface area contributed by atoms with Crippen LogP contribution in [0.25, 0.3) is 26.0 Å². The molecule has 0 aromatic heterocycles. The second-order valence-corrected chi connectivity index (χ2v) is 9.04. The Morgan fingerprint density at radius 1 is 0.857 bits per heavy atom. The van der Waals surface area contributed by atoms with E-state index in [1.807, 2.05) is 0 Å². The lowest BCUT2D eigenvalue weighted by Gasteiger charge is -2.27. The van der Waals surface area contributed by atoms with Gasteiger partial charge in [-0.25, -0.2) is 0 Å². The number of rotatable bonds is 0. The maximum Gasteiger partial charge on any atom is 0.0472 e. The highest BCUT2D eigenvalue weighted by Gasteiger charge is 2.27. The maximum atomic E-state index is 3.88. The summed E-state index contributed by atoms with van der Waals surface area (Å²) in [4.78, 5) is 0.340. The topological polar surface area (TPSA) is 0 Å². The predicted octanol–water partition coefficient (Wildman–Crippen LogP) is 6.83. The van der Waals surface area contributed by atoms with Crippen molar-refractivity contribution in [2.75, 3.05) is 0 Å². The Hall–Kier alpha value is 0.1000. The molecule has 0 N–H and O–H groups in total. The highest BCUT2D eigenvalue weighted by Crippen LogP contribution is 2.46. The van der Waals surface area contributed by atoms with Crippen molar-refractivity contribution in [3.05, 3.63) is 50.1 Å². The van der Waals surface area contributed by atoms with Crippen molar-refractivity contribution in [2.45, 2.75) is 11.8 Å². The molecule has 2 unspecified atom stereocenters. The van der Waals surface area contributed by atoms with E-state index in [2.05, 4.69) is 101 Å². The van der Waals surface area contributed by atoms with Gasteiger partial charge in [0, 0.05) is 24.2 Å². The molecule has 106 valence electrons. The van der Waals surface area contributed by atoms with Gasteiger partial charge in [0.25, 0.3) is 0 Å². The summed E-state index contributed by atoms with van der Waals surface area (Å²) in [6.45, 7) is 2.25. The van der Waals surface area contributed by atoms with Crippen LogP contribution in [-0.2, 0) is 0 Å². The Kier molecular flexibility index (Phi) is 3.53. The summed E-state index contributed by atoms with van der Waals surface area (Å²) in [7, 11) is 0. The molecule has 3 aromatic carbocycles. The molecule has 0 spiro atoms. The van der Waals surface area contributed by atoms with Crippen LogP contribution in [0.1, 0.15) is 17.3 Å². The largest absolute Gasteiger partial charge is 0.0832 e. The molecule has 0 nitrogen and oxygen atoms in total. The van der Waals surface area contributed by atoms with Gasteiger partial charge in [-0.2, -0.15) is 0 Å². The van der Waals surface area contributed by atoms with E-state index in [0.29, 0.717) is 10.7 Å². The minimum atomic E-state index is 0.340. The molecule has 0 aliphatic heterocycles. The first-order valence-electron chi connectivity index (χ1n) is 6.67. The zero-order valence-electron chi connectivity index (χ0n) is 11.1. The summed E-state index contributed by atoms with van der Waals surface area (Å²) < 4.78 is 3.54. The van der Waals surface area contributed by atoms with E-state index in [0.717, 1.165) is 8.95 Å². The van der Waals surface area contributed by atoms with Crippen molar-refractivity contribution >= 4 is 89.7 Å². The second kappa shape index (κ2) is 5.05. The number of hydrogen-bond donors (Lipinski definition) is 0. The van der Waals surface area contributed by atoms with Crippen molar-refractivity contribution in [3.8, 4) is 0 Å². The quantitative estimate of drug-likeness (QED) is 0.278. The molecule has 0 saturated carbocycles. The van der Waals surface area contributed by atoms with Gasteiger partial charge in [0.15, 0.2) is 0 Å². The molecular formula is C17H10Br4. The third kappa shape index (κ3) is 1.95. The number of benzene rings is 3. The molecule has 0 radical (unpaired) electrons. The van der Waals surface area contributed by atoms with E-state index in [-0.39, 0.29) is 0 Å². The molecule has 0 amide bonds. The fraction of sp³-hybridized carbons (Fsp3) is 0.176. The van der Waals surface area contributed by atoms with Gasteiger partial charge in [-0.1, -0.05) is 94.9 Å². The van der Waals surface area contributed by atoms with Crippen molar-refractivity contribution < 1.29 is 0 Å². The van der Waals surface area contributed by atoms with Gasteiger partial charge in [-0.15, -0.1) is 0 Å². The zero-order chi connectivity index (χ0) is 14.9. The minimum absolute atomic E-state index is 0.340. The van der Waals surface area contributed by atoms with Crippen molar-refractivity contribution in [1.29, 1.82) is 0 Å². The molecule has 4 rings (SSSR count). The third-order valence-electron chi connectivity index (χ3n) is 4.35. The summed E-state index contributed by atoms with van der Waals surface area (Å²) in [5.41, 5.74) is 1.38. The standard InChI is InChI=1S/C17H10Br4/c1-7-16(20)10-4-2-8-12(18)6-13(19)9-3-5-11(17(7)21)15(10)14(8)9/h2-7,16H,1H3. The van der Waals surface area contributed by atoms with E-state index in [1.165, 1.54) is 36.8 Å². The van der Waals surface area contributed by atoms with Crippen LogP contribution in [-0.4, -0.2) is 0 Å². The van der Waals surface area contributed by atoms with Crippen LogP contribution in [0.2, 0.25) is 0 Å². The van der Waals surface area contributed by atoms with Crippen LogP contribution in [0.3, 0.4) is 0 Å². The average molecular weight is 534 g/mol. The van der Waals surface area contributed by atoms with Gasteiger partial charge in [0.05, 0.1) is 0 Å². The van der Waals surface area contributed by atoms with E-state index in [4.69, 9.17) is 0 Å². The Labute approximate surface area is 156 Å². The van der Waals surface area contributed by atoms with Gasteiger partial charge in [-0.3, -0.25) is 0 Å². The van der Waals surface area contributed by atoms with Gasteiger partial charge >= 0.3 is 0 Å². The fourth-order valence-corrected chi connectivity index (χ4v) is 6.28. The Morgan fingerprint density at radius 2 is 1.48 bits per heavy atom. The number of halogens is 4. The fourth-order valence-electron chi connectivity index (χ4n) is 3.26. The van der Waals surface area contributed by atoms with Gasteiger partial charge < -0.3 is 0 Å². The van der Waals surface area contributed by atoms with Crippen LogP contribution >= 0.6 is 63.7 Å². The average Bonchev–Trinajstić information content (AvgIpc) is 2.48. The van der Waals surface area contributed by atoms with Gasteiger partial charge in [-0.05, 0) is 38.4 Å². The summed E-state index contributed by atoms with van der Waals surface area (Å²) >= 11 is 15.1. The molecule has 0 heterocycles. The predicted molar refractivity (Wildman–Crippen MR) is 105 cm³/mol. The number of alkyl halides is 1. The molecule has 21 heavy (non-hydrogen) atoms. The van der Waals surface area contributed by atoms with Crippen LogP contribution in [0.15, 0.2) is 39.3 Å². The monoisotopic (exact) mass is 530 g/mol. The second-order valence-electron chi connectivity index (χ2n) is 5.49. The van der Waals surface area contributed by atoms with E-state index < -0.39 is 0 Å². The summed E-state index contributed by atoms with van der Waals surface area (Å²) in [5.74, 6) is 0.437. The van der Waals surface area contributed by atoms with Gasteiger partial charge in [0.2, 0.25) is 0 Å². The minimum Gasteiger partial charge on any atom is -0.0832 e. The van der Waals surface area contributed by atoms with Crippen molar-refractivity contribution in [1.82, 2.24) is 0 Å². The lowest BCUT2D eigenvalue weighted by molar-refractivity contribution is 0.746. The van der Waals surface area contributed by atoms with Crippen LogP contribution < -0.4 is 5.22 Å². The summed E-state index contributed by atoms with van der Waals surface area (Å²) in [5, 5.41) is 6.54. The summed E-state index contributed by atoms with van der Waals surface area (Å²) in [6, 6.07) is 11.1. The van der Waals surface area contributed by atoms with Crippen LogP contribution in [0, 0.1) is 5.92 Å². The van der Waals surface area contributed by atoms with Crippen LogP contribution in [0.4, 0.5) is 0 Å². The van der Waals surface area contributed by atoms with Crippen molar-refractivity contribution in [2.24, 2.45) is 5.92 Å². The molecule has 3 aromatic rings. The molecule has 1 aliphatic rings. The maximum absolute atomic E-state index is 3.88. The molecular weight excluding hydrogens is 524 g/mol. The lowest BCUT2D eigenvalue weighted by atomic mass is 9.86. The third-order valence-corrected chi connectivity index (χ3v) is 8.10. The molecule has 2 atom stereocenters. The normalized spacial score (nSPS) is 21.5. The highest BCUT2D eigenvalue weighted by atomic mass is 79.9. The SMILES string of the molecule is CC1C(Br)=c2ccc3c(Br)cc(Br)c4ccc(c2c43)C1Br. The first kappa shape index (κ1) is 14.7. The summed E-state index contributed by atoms with van der Waals surface area (Å²) in [6.07, 6.45) is 0. The van der Waals surface area contributed by atoms with E-state index in [9.17, 15) is 0 Å². The Balaban J connectivity index is 2.39. The highest BCUT2D eigenvalue weighted by molar-refractivity contribution is 9.15. The lowest BCUT2D eigenvalue weighted by Crippen LogP contribution is -2.20. The molecule has 0 bridgehead atoms. The van der Waals surface area contributed by atoms with Crippen molar-refractivity contribution in [3.63, 3.8) is 0 Å². The Bertz CT molecular complexity index is 936. The Morgan fingerprint density at radius 3 is 2.14 bits per heavy atom. The van der Waals surface area contributed by atoms with E-state index >= 15 is 0 Å². The first-order valence-corrected chi connectivity index (χ1v) is 9.97.